The summed E-state index contributed by atoms with van der Waals surface area (Å²) < 4.78 is 4.37. The highest BCUT2D eigenvalue weighted by molar-refractivity contribution is 6.53. The molecule has 0 aliphatic heterocycles. The summed E-state index contributed by atoms with van der Waals surface area (Å²) in [5.74, 6) is -1.61. The molecule has 0 aliphatic rings. The summed E-state index contributed by atoms with van der Waals surface area (Å²) in [7, 11) is 0. The van der Waals surface area contributed by atoms with E-state index in [-0.39, 0.29) is 6.42 Å². The molecule has 0 unspecified atom stereocenters. The Bertz CT molecular complexity index is 349. The highest BCUT2D eigenvalue weighted by atomic mass is 35.5. The summed E-state index contributed by atoms with van der Waals surface area (Å²) in [5, 5.41) is 0. The topological polar surface area (TPSA) is 43.4 Å². The lowest BCUT2D eigenvalue weighted by Gasteiger charge is -2.02. The van der Waals surface area contributed by atoms with Gasteiger partial charge in [-0.1, -0.05) is 53.5 Å². The lowest BCUT2D eigenvalue weighted by Crippen LogP contribution is -2.19. The molecular weight excluding hydrogens is 239 g/mol. The second-order valence-corrected chi connectivity index (χ2v) is 3.85. The highest BCUT2D eigenvalue weighted by Crippen LogP contribution is 2.06. The smallest absolute Gasteiger partial charge is 0.347 e. The molecule has 0 N–H and O–H groups in total. The van der Waals surface area contributed by atoms with Crippen molar-refractivity contribution in [1.29, 1.82) is 0 Å². The van der Waals surface area contributed by atoms with Crippen LogP contribution in [0.3, 0.4) is 0 Å². The van der Waals surface area contributed by atoms with Crippen molar-refractivity contribution >= 4 is 35.1 Å². The predicted molar refractivity (Wildman–Crippen MR) is 56.7 cm³/mol. The summed E-state index contributed by atoms with van der Waals surface area (Å²) in [6.45, 7) is 0. The number of halogens is 2. The Morgan fingerprint density at radius 3 is 2.33 bits per heavy atom. The van der Waals surface area contributed by atoms with Gasteiger partial charge < -0.3 is 4.74 Å². The summed E-state index contributed by atoms with van der Waals surface area (Å²) in [5.41, 5.74) is 0.760. The van der Waals surface area contributed by atoms with Crippen molar-refractivity contribution in [2.45, 2.75) is 11.3 Å². The number of hydrogen-bond donors (Lipinski definition) is 0. The summed E-state index contributed by atoms with van der Waals surface area (Å²) in [4.78, 5) is 20.7. The van der Waals surface area contributed by atoms with E-state index in [1.807, 2.05) is 6.07 Å². The lowest BCUT2D eigenvalue weighted by molar-refractivity contribution is -0.157. The number of benzene rings is 1. The van der Waals surface area contributed by atoms with Gasteiger partial charge in [0.15, 0.2) is 0 Å². The minimum atomic E-state index is -1.33. The first-order valence-electron chi connectivity index (χ1n) is 4.16. The van der Waals surface area contributed by atoms with Crippen LogP contribution >= 0.6 is 23.2 Å². The Hall–Kier alpha value is -1.06. The van der Waals surface area contributed by atoms with Gasteiger partial charge in [0.2, 0.25) is 4.84 Å². The number of alkyl halides is 2. The van der Waals surface area contributed by atoms with Crippen LogP contribution in [0.5, 0.6) is 0 Å². The van der Waals surface area contributed by atoms with Crippen molar-refractivity contribution in [2.75, 3.05) is 0 Å². The van der Waals surface area contributed by atoms with Crippen molar-refractivity contribution < 1.29 is 14.3 Å². The molecule has 15 heavy (non-hydrogen) atoms. The molecular formula is C10H8Cl2O3. The zero-order valence-corrected chi connectivity index (χ0v) is 9.16. The third-order valence-electron chi connectivity index (χ3n) is 1.58. The Morgan fingerprint density at radius 1 is 1.20 bits per heavy atom. The van der Waals surface area contributed by atoms with Gasteiger partial charge >= 0.3 is 11.9 Å². The molecule has 0 spiro atoms. The number of carbonyl (C=O) groups excluding carboxylic acids is 2. The average molecular weight is 247 g/mol. The number of ether oxygens (including phenoxy) is 1. The Morgan fingerprint density at radius 2 is 1.80 bits per heavy atom. The van der Waals surface area contributed by atoms with Crippen molar-refractivity contribution in [3.63, 3.8) is 0 Å². The SMILES string of the molecule is O=C(Cc1ccccc1)OC(=O)C(Cl)Cl. The molecule has 0 heterocycles. The first kappa shape index (κ1) is 12.0. The van der Waals surface area contributed by atoms with Gasteiger partial charge in [-0.15, -0.1) is 0 Å². The second-order valence-electron chi connectivity index (χ2n) is 2.76. The van der Waals surface area contributed by atoms with Crippen LogP contribution in [-0.4, -0.2) is 16.8 Å². The van der Waals surface area contributed by atoms with Gasteiger partial charge in [0.05, 0.1) is 6.42 Å². The van der Waals surface area contributed by atoms with Gasteiger partial charge in [0.25, 0.3) is 0 Å². The van der Waals surface area contributed by atoms with E-state index in [1.165, 1.54) is 0 Å². The molecule has 3 nitrogen and oxygen atoms in total. The quantitative estimate of drug-likeness (QED) is 0.466. The zero-order valence-electron chi connectivity index (χ0n) is 7.65. The maximum absolute atomic E-state index is 11.2. The van der Waals surface area contributed by atoms with Crippen LogP contribution in [0.4, 0.5) is 0 Å². The maximum atomic E-state index is 11.2. The first-order chi connectivity index (χ1) is 7.09. The maximum Gasteiger partial charge on any atom is 0.347 e. The summed E-state index contributed by atoms with van der Waals surface area (Å²) >= 11 is 10.4. The van der Waals surface area contributed by atoms with Crippen LogP contribution < -0.4 is 0 Å². The van der Waals surface area contributed by atoms with Crippen molar-refractivity contribution in [2.24, 2.45) is 0 Å². The van der Waals surface area contributed by atoms with Crippen LogP contribution in [0.15, 0.2) is 30.3 Å². The molecule has 5 heteroatoms. The standard InChI is InChI=1S/C10H8Cl2O3/c11-9(12)10(14)15-8(13)6-7-4-2-1-3-5-7/h1-5,9H,6H2. The number of carbonyl (C=O) groups is 2. The van der Waals surface area contributed by atoms with E-state index < -0.39 is 16.8 Å². The summed E-state index contributed by atoms with van der Waals surface area (Å²) in [6, 6.07) is 8.91. The Labute approximate surface area is 96.9 Å². The largest absolute Gasteiger partial charge is 0.391 e. The fraction of sp³-hybridized carbons (Fsp3) is 0.200. The van der Waals surface area contributed by atoms with Crippen molar-refractivity contribution in [1.82, 2.24) is 0 Å². The molecule has 0 saturated carbocycles. The molecule has 0 amide bonds. The molecule has 0 bridgehead atoms. The zero-order chi connectivity index (χ0) is 11.3. The van der Waals surface area contributed by atoms with E-state index >= 15 is 0 Å². The third kappa shape index (κ3) is 4.32. The normalized spacial score (nSPS) is 10.1. The molecule has 80 valence electrons. The van der Waals surface area contributed by atoms with Crippen LogP contribution in [0.1, 0.15) is 5.56 Å². The highest BCUT2D eigenvalue weighted by Gasteiger charge is 2.17. The predicted octanol–water partition coefficient (Wildman–Crippen LogP) is 2.10. The average Bonchev–Trinajstić information content (AvgIpc) is 2.18. The van der Waals surface area contributed by atoms with Gasteiger partial charge in [-0.25, -0.2) is 4.79 Å². The fourth-order valence-electron chi connectivity index (χ4n) is 0.955. The Kier molecular flexibility index (Phi) is 4.59. The number of esters is 2. The van der Waals surface area contributed by atoms with Crippen molar-refractivity contribution in [3.8, 4) is 0 Å². The molecule has 1 aromatic carbocycles. The van der Waals surface area contributed by atoms with Gasteiger partial charge in [-0.05, 0) is 5.56 Å². The van der Waals surface area contributed by atoms with E-state index in [4.69, 9.17) is 23.2 Å². The fourth-order valence-corrected chi connectivity index (χ4v) is 1.04. The molecule has 0 aliphatic carbocycles. The molecule has 1 aromatic rings. The van der Waals surface area contributed by atoms with E-state index in [0.29, 0.717) is 0 Å². The lowest BCUT2D eigenvalue weighted by atomic mass is 10.2. The Balaban J connectivity index is 2.47. The van der Waals surface area contributed by atoms with E-state index in [1.54, 1.807) is 24.3 Å². The summed E-state index contributed by atoms with van der Waals surface area (Å²) in [6.07, 6.45) is 0.0209. The molecule has 0 fully saturated rings. The van der Waals surface area contributed by atoms with Gasteiger partial charge in [0.1, 0.15) is 0 Å². The first-order valence-corrected chi connectivity index (χ1v) is 5.03. The van der Waals surface area contributed by atoms with E-state index in [2.05, 4.69) is 4.74 Å². The van der Waals surface area contributed by atoms with Gasteiger partial charge in [0, 0.05) is 0 Å². The molecule has 0 aromatic heterocycles. The molecule has 0 radical (unpaired) electrons. The molecule has 0 saturated heterocycles. The van der Waals surface area contributed by atoms with E-state index in [9.17, 15) is 9.59 Å². The van der Waals surface area contributed by atoms with Crippen LogP contribution in [0.25, 0.3) is 0 Å². The van der Waals surface area contributed by atoms with Gasteiger partial charge in [-0.2, -0.15) is 0 Å². The third-order valence-corrected chi connectivity index (χ3v) is 1.94. The molecule has 1 rings (SSSR count). The van der Waals surface area contributed by atoms with Crippen molar-refractivity contribution in [3.05, 3.63) is 35.9 Å². The number of rotatable bonds is 3. The monoisotopic (exact) mass is 246 g/mol. The van der Waals surface area contributed by atoms with Crippen LogP contribution in [-0.2, 0) is 20.7 Å². The molecule has 0 atom stereocenters. The second kappa shape index (κ2) is 5.73. The number of hydrogen-bond acceptors (Lipinski definition) is 3. The minimum absolute atomic E-state index is 0.0209. The minimum Gasteiger partial charge on any atom is -0.391 e. The van der Waals surface area contributed by atoms with Crippen LogP contribution in [0, 0.1) is 0 Å². The van der Waals surface area contributed by atoms with Crippen LogP contribution in [0.2, 0.25) is 0 Å². The van der Waals surface area contributed by atoms with E-state index in [0.717, 1.165) is 5.56 Å². The van der Waals surface area contributed by atoms with Gasteiger partial charge in [-0.3, -0.25) is 4.79 Å².